The van der Waals surface area contributed by atoms with Gasteiger partial charge in [-0.1, -0.05) is 6.42 Å². The number of nitrogens with zero attached hydrogens (tertiary/aromatic N) is 1. The minimum Gasteiger partial charge on any atom is -0.384 e. The summed E-state index contributed by atoms with van der Waals surface area (Å²) in [7, 11) is 1.66. The Kier molecular flexibility index (Phi) is 4.01. The Morgan fingerprint density at radius 2 is 2.35 bits per heavy atom. The lowest BCUT2D eigenvalue weighted by molar-refractivity contribution is -0.159. The zero-order valence-corrected chi connectivity index (χ0v) is 10.5. The van der Waals surface area contributed by atoms with Gasteiger partial charge in [0.15, 0.2) is 0 Å². The van der Waals surface area contributed by atoms with E-state index < -0.39 is 0 Å². The smallest absolute Gasteiger partial charge is 0.231 e. The fourth-order valence-electron chi connectivity index (χ4n) is 2.68. The van der Waals surface area contributed by atoms with Crippen molar-refractivity contribution in [3.63, 3.8) is 0 Å². The summed E-state index contributed by atoms with van der Waals surface area (Å²) in [6.07, 6.45) is 3.02. The highest BCUT2D eigenvalue weighted by Crippen LogP contribution is 2.42. The van der Waals surface area contributed by atoms with Crippen LogP contribution in [-0.4, -0.2) is 56.9 Å². The maximum absolute atomic E-state index is 12.5. The minimum atomic E-state index is -0.259. The maximum atomic E-state index is 12.5. The molecule has 1 aliphatic carbocycles. The molecule has 5 nitrogen and oxygen atoms in total. The summed E-state index contributed by atoms with van der Waals surface area (Å²) in [4.78, 5) is 14.4. The first-order valence-electron chi connectivity index (χ1n) is 6.32. The largest absolute Gasteiger partial charge is 0.384 e. The first-order valence-corrected chi connectivity index (χ1v) is 6.32. The number of carbonyl (C=O) groups excluding carboxylic acids is 1. The summed E-state index contributed by atoms with van der Waals surface area (Å²) in [5.74, 6) is 0.229. The number of rotatable bonds is 4. The molecule has 1 saturated heterocycles. The van der Waals surface area contributed by atoms with Gasteiger partial charge >= 0.3 is 0 Å². The number of hydrogen-bond acceptors (Lipinski definition) is 4. The van der Waals surface area contributed by atoms with E-state index in [1.165, 1.54) is 0 Å². The summed E-state index contributed by atoms with van der Waals surface area (Å²) in [6, 6.07) is 0. The molecule has 2 aliphatic rings. The van der Waals surface area contributed by atoms with Crippen LogP contribution in [0.15, 0.2) is 0 Å². The normalized spacial score (nSPS) is 27.6. The van der Waals surface area contributed by atoms with E-state index >= 15 is 0 Å². The molecule has 0 aromatic rings. The molecule has 17 heavy (non-hydrogen) atoms. The fourth-order valence-corrected chi connectivity index (χ4v) is 2.68. The van der Waals surface area contributed by atoms with E-state index in [0.29, 0.717) is 32.8 Å². The van der Waals surface area contributed by atoms with Crippen LogP contribution in [0.3, 0.4) is 0 Å². The van der Waals surface area contributed by atoms with Crippen LogP contribution in [0.25, 0.3) is 0 Å². The molecular weight excluding hydrogens is 220 g/mol. The Morgan fingerprint density at radius 1 is 1.59 bits per heavy atom. The molecule has 0 radical (unpaired) electrons. The molecule has 1 aliphatic heterocycles. The number of hydrogen-bond donors (Lipinski definition) is 1. The summed E-state index contributed by atoms with van der Waals surface area (Å²) in [5.41, 5.74) is 5.33. The highest BCUT2D eigenvalue weighted by molar-refractivity contribution is 5.84. The van der Waals surface area contributed by atoms with Crippen molar-refractivity contribution >= 4 is 5.91 Å². The number of methoxy groups -OCH3 is 1. The van der Waals surface area contributed by atoms with Gasteiger partial charge in [0.1, 0.15) is 0 Å². The van der Waals surface area contributed by atoms with Crippen LogP contribution in [-0.2, 0) is 14.3 Å². The average Bonchev–Trinajstić information content (AvgIpc) is 2.33. The van der Waals surface area contributed by atoms with Gasteiger partial charge in [-0.25, -0.2) is 0 Å². The molecule has 2 N–H and O–H groups in total. The Balaban J connectivity index is 1.98. The highest BCUT2D eigenvalue weighted by atomic mass is 16.5. The molecule has 0 bridgehead atoms. The molecule has 2 fully saturated rings. The molecule has 5 heteroatoms. The molecule has 0 spiro atoms. The van der Waals surface area contributed by atoms with Gasteiger partial charge in [-0.2, -0.15) is 0 Å². The fraction of sp³-hybridized carbons (Fsp3) is 0.917. The predicted molar refractivity (Wildman–Crippen MR) is 63.5 cm³/mol. The number of ether oxygens (including phenoxy) is 2. The molecule has 0 aromatic carbocycles. The van der Waals surface area contributed by atoms with Crippen LogP contribution in [0, 0.1) is 5.41 Å². The molecule has 1 saturated carbocycles. The monoisotopic (exact) mass is 242 g/mol. The average molecular weight is 242 g/mol. The van der Waals surface area contributed by atoms with Crippen LogP contribution in [0.1, 0.15) is 19.3 Å². The number of nitrogens with two attached hydrogens (primary N) is 1. The van der Waals surface area contributed by atoms with Crippen molar-refractivity contribution in [1.82, 2.24) is 4.90 Å². The van der Waals surface area contributed by atoms with Gasteiger partial charge in [0.25, 0.3) is 0 Å². The molecular formula is C12H22N2O3. The second-order valence-corrected chi connectivity index (χ2v) is 5.05. The lowest BCUT2D eigenvalue weighted by Crippen LogP contribution is -2.56. The van der Waals surface area contributed by atoms with Crippen LogP contribution in [0.2, 0.25) is 0 Å². The third kappa shape index (κ3) is 2.46. The van der Waals surface area contributed by atoms with Crippen molar-refractivity contribution in [2.75, 3.05) is 40.0 Å². The van der Waals surface area contributed by atoms with E-state index in [9.17, 15) is 4.79 Å². The van der Waals surface area contributed by atoms with Gasteiger partial charge < -0.3 is 20.1 Å². The SMILES string of the molecule is COCC1(C(=O)N2CCOC(CN)C2)CCC1. The van der Waals surface area contributed by atoms with Crippen molar-refractivity contribution in [3.8, 4) is 0 Å². The Labute approximate surface area is 102 Å². The summed E-state index contributed by atoms with van der Waals surface area (Å²) >= 11 is 0. The zero-order chi connectivity index (χ0) is 12.3. The molecule has 98 valence electrons. The molecule has 2 rings (SSSR count). The number of carbonyl (C=O) groups is 1. The van der Waals surface area contributed by atoms with E-state index in [-0.39, 0.29) is 17.4 Å². The van der Waals surface area contributed by atoms with Crippen molar-refractivity contribution < 1.29 is 14.3 Å². The summed E-state index contributed by atoms with van der Waals surface area (Å²) < 4.78 is 10.7. The van der Waals surface area contributed by atoms with E-state index in [4.69, 9.17) is 15.2 Å². The highest BCUT2D eigenvalue weighted by Gasteiger charge is 2.47. The van der Waals surface area contributed by atoms with E-state index in [1.807, 2.05) is 4.90 Å². The predicted octanol–water partition coefficient (Wildman–Crippen LogP) is -0.0108. The van der Waals surface area contributed by atoms with Crippen molar-refractivity contribution in [2.24, 2.45) is 11.1 Å². The second-order valence-electron chi connectivity index (χ2n) is 5.05. The minimum absolute atomic E-state index is 0.00706. The van der Waals surface area contributed by atoms with Gasteiger partial charge in [0.05, 0.1) is 24.7 Å². The molecule has 0 aromatic heterocycles. The Bertz CT molecular complexity index is 279. The van der Waals surface area contributed by atoms with Gasteiger partial charge in [-0.05, 0) is 12.8 Å². The summed E-state index contributed by atoms with van der Waals surface area (Å²) in [6.45, 7) is 2.91. The standard InChI is InChI=1S/C12H22N2O3/c1-16-9-12(3-2-4-12)11(15)14-5-6-17-10(7-13)8-14/h10H,2-9,13H2,1H3. The molecule has 1 heterocycles. The van der Waals surface area contributed by atoms with Gasteiger partial charge in [-0.3, -0.25) is 4.79 Å². The summed E-state index contributed by atoms with van der Waals surface area (Å²) in [5, 5.41) is 0. The van der Waals surface area contributed by atoms with Crippen LogP contribution in [0.4, 0.5) is 0 Å². The third-order valence-corrected chi connectivity index (χ3v) is 3.87. The topological polar surface area (TPSA) is 64.8 Å². The quantitative estimate of drug-likeness (QED) is 0.753. The Hall–Kier alpha value is -0.650. The van der Waals surface area contributed by atoms with Gasteiger partial charge in [-0.15, -0.1) is 0 Å². The van der Waals surface area contributed by atoms with Crippen molar-refractivity contribution in [2.45, 2.75) is 25.4 Å². The van der Waals surface area contributed by atoms with Gasteiger partial charge in [0, 0.05) is 26.7 Å². The van der Waals surface area contributed by atoms with E-state index in [1.54, 1.807) is 7.11 Å². The lowest BCUT2D eigenvalue weighted by atomic mass is 9.68. The first kappa shape index (κ1) is 12.8. The zero-order valence-electron chi connectivity index (χ0n) is 10.5. The van der Waals surface area contributed by atoms with Crippen molar-refractivity contribution in [1.29, 1.82) is 0 Å². The van der Waals surface area contributed by atoms with Crippen LogP contribution >= 0.6 is 0 Å². The molecule has 1 atom stereocenters. The first-order chi connectivity index (χ1) is 8.22. The van der Waals surface area contributed by atoms with E-state index in [2.05, 4.69) is 0 Å². The second kappa shape index (κ2) is 5.33. The molecule has 1 amide bonds. The maximum Gasteiger partial charge on any atom is 0.231 e. The van der Waals surface area contributed by atoms with E-state index in [0.717, 1.165) is 19.3 Å². The Morgan fingerprint density at radius 3 is 2.88 bits per heavy atom. The number of amides is 1. The van der Waals surface area contributed by atoms with Crippen LogP contribution < -0.4 is 5.73 Å². The van der Waals surface area contributed by atoms with Gasteiger partial charge in [0.2, 0.25) is 5.91 Å². The third-order valence-electron chi connectivity index (χ3n) is 3.87. The molecule has 1 unspecified atom stereocenters. The van der Waals surface area contributed by atoms with Crippen LogP contribution in [0.5, 0.6) is 0 Å². The number of morpholine rings is 1. The lowest BCUT2D eigenvalue weighted by Gasteiger charge is -2.44. The van der Waals surface area contributed by atoms with Crippen molar-refractivity contribution in [3.05, 3.63) is 0 Å².